The molecular weight excluding hydrogens is 518 g/mol. The third kappa shape index (κ3) is 9.71. The number of nitrogens with zero attached hydrogens (tertiary/aromatic N) is 1. The highest BCUT2D eigenvalue weighted by Crippen LogP contribution is 2.29. The summed E-state index contributed by atoms with van der Waals surface area (Å²) in [7, 11) is -3.33. The molecular formula is C18H31ClFIN4O2S. The van der Waals surface area contributed by atoms with E-state index in [0.717, 1.165) is 11.8 Å². The molecule has 162 valence electrons. The van der Waals surface area contributed by atoms with Gasteiger partial charge in [-0.1, -0.05) is 31.5 Å². The van der Waals surface area contributed by atoms with Crippen LogP contribution < -0.4 is 15.4 Å². The third-order valence-corrected chi connectivity index (χ3v) is 5.03. The summed E-state index contributed by atoms with van der Waals surface area (Å²) in [4.78, 5) is 4.48. The molecule has 0 saturated carbocycles. The standard InChI is InChI=1S/C18H30ClFN4O2S.HI/c1-7-21-16(23-12-18(4,5)24-27(6,25)26)22-11-17(2,3)14-9-8-13(20)10-15(14)19;/h8-10,24H,7,11-12H2,1-6H3,(H2,21,22,23);1H. The van der Waals surface area contributed by atoms with Crippen molar-refractivity contribution in [3.05, 3.63) is 34.6 Å². The van der Waals surface area contributed by atoms with Crippen LogP contribution in [0.3, 0.4) is 0 Å². The number of halogens is 3. The lowest BCUT2D eigenvalue weighted by Gasteiger charge is -2.28. The summed E-state index contributed by atoms with van der Waals surface area (Å²) >= 11 is 6.19. The Kier molecular flexibility index (Phi) is 10.7. The highest BCUT2D eigenvalue weighted by atomic mass is 127. The Morgan fingerprint density at radius 1 is 1.21 bits per heavy atom. The molecule has 0 aliphatic heterocycles. The Bertz CT molecular complexity index is 786. The van der Waals surface area contributed by atoms with Gasteiger partial charge < -0.3 is 10.6 Å². The fourth-order valence-electron chi connectivity index (χ4n) is 2.59. The number of guanidine groups is 1. The van der Waals surface area contributed by atoms with E-state index in [9.17, 15) is 12.8 Å². The van der Waals surface area contributed by atoms with Gasteiger partial charge in [0.2, 0.25) is 10.0 Å². The van der Waals surface area contributed by atoms with Gasteiger partial charge >= 0.3 is 0 Å². The zero-order valence-corrected chi connectivity index (χ0v) is 21.1. The lowest BCUT2D eigenvalue weighted by molar-refractivity contribution is 0.462. The van der Waals surface area contributed by atoms with E-state index in [2.05, 4.69) is 20.3 Å². The highest BCUT2D eigenvalue weighted by molar-refractivity contribution is 14.0. The molecule has 0 aliphatic rings. The Labute approximate surface area is 190 Å². The van der Waals surface area contributed by atoms with Gasteiger partial charge in [-0.25, -0.2) is 17.5 Å². The first-order valence-electron chi connectivity index (χ1n) is 8.72. The number of nitrogens with one attached hydrogen (secondary N) is 3. The van der Waals surface area contributed by atoms with Crippen LogP contribution in [0.2, 0.25) is 5.02 Å². The molecule has 1 aromatic rings. The Hall–Kier alpha value is -0.650. The van der Waals surface area contributed by atoms with Crippen LogP contribution >= 0.6 is 35.6 Å². The summed E-state index contributed by atoms with van der Waals surface area (Å²) in [6.45, 7) is 10.9. The average molecular weight is 549 g/mol. The molecule has 0 atom stereocenters. The number of aliphatic imine (C=N–C) groups is 1. The molecule has 3 N–H and O–H groups in total. The topological polar surface area (TPSA) is 82.6 Å². The van der Waals surface area contributed by atoms with Crippen LogP contribution in [0.15, 0.2) is 23.2 Å². The molecule has 10 heteroatoms. The number of benzene rings is 1. The van der Waals surface area contributed by atoms with Crippen LogP contribution in [0, 0.1) is 5.82 Å². The van der Waals surface area contributed by atoms with Crippen molar-refractivity contribution >= 4 is 51.6 Å². The number of sulfonamides is 1. The minimum Gasteiger partial charge on any atom is -0.357 e. The molecule has 0 unspecified atom stereocenters. The van der Waals surface area contributed by atoms with E-state index >= 15 is 0 Å². The van der Waals surface area contributed by atoms with Crippen molar-refractivity contribution in [3.63, 3.8) is 0 Å². The SMILES string of the molecule is CCNC(=NCC(C)(C)NS(C)(=O)=O)NCC(C)(C)c1ccc(F)cc1Cl.I. The first-order valence-corrected chi connectivity index (χ1v) is 11.0. The second-order valence-corrected chi connectivity index (χ2v) is 9.97. The number of hydrogen-bond donors (Lipinski definition) is 3. The maximum atomic E-state index is 13.3. The predicted molar refractivity (Wildman–Crippen MR) is 126 cm³/mol. The molecule has 0 heterocycles. The summed E-state index contributed by atoms with van der Waals surface area (Å²) in [6.07, 6.45) is 1.12. The largest absolute Gasteiger partial charge is 0.357 e. The van der Waals surface area contributed by atoms with Gasteiger partial charge in [-0.15, -0.1) is 24.0 Å². The van der Waals surface area contributed by atoms with Crippen LogP contribution in [0.4, 0.5) is 4.39 Å². The molecule has 0 radical (unpaired) electrons. The van der Waals surface area contributed by atoms with E-state index in [-0.39, 0.29) is 41.8 Å². The third-order valence-electron chi connectivity index (χ3n) is 3.80. The second-order valence-electron chi connectivity index (χ2n) is 7.81. The minimum atomic E-state index is -3.33. The first kappa shape index (κ1) is 27.4. The van der Waals surface area contributed by atoms with Crippen molar-refractivity contribution in [2.75, 3.05) is 25.9 Å². The summed E-state index contributed by atoms with van der Waals surface area (Å²) in [5.74, 6) is 0.190. The molecule has 0 bridgehead atoms. The zero-order chi connectivity index (χ0) is 20.9. The van der Waals surface area contributed by atoms with Crippen LogP contribution in [-0.2, 0) is 15.4 Å². The zero-order valence-electron chi connectivity index (χ0n) is 17.2. The van der Waals surface area contributed by atoms with Crippen LogP contribution in [0.25, 0.3) is 0 Å². The second kappa shape index (κ2) is 10.9. The Balaban J connectivity index is 0.00000729. The van der Waals surface area contributed by atoms with Crippen LogP contribution in [0.1, 0.15) is 40.2 Å². The van der Waals surface area contributed by atoms with Crippen molar-refractivity contribution in [2.45, 2.75) is 45.6 Å². The normalized spacial score (nSPS) is 13.1. The maximum Gasteiger partial charge on any atom is 0.209 e. The van der Waals surface area contributed by atoms with Crippen molar-refractivity contribution < 1.29 is 12.8 Å². The molecule has 1 aromatic carbocycles. The summed E-state index contributed by atoms with van der Waals surface area (Å²) in [6, 6.07) is 4.38. The molecule has 6 nitrogen and oxygen atoms in total. The lowest BCUT2D eigenvalue weighted by atomic mass is 9.84. The van der Waals surface area contributed by atoms with E-state index in [4.69, 9.17) is 11.6 Å². The maximum absolute atomic E-state index is 13.3. The van der Waals surface area contributed by atoms with E-state index in [0.29, 0.717) is 24.1 Å². The van der Waals surface area contributed by atoms with Gasteiger partial charge in [0.1, 0.15) is 5.82 Å². The van der Waals surface area contributed by atoms with E-state index < -0.39 is 15.6 Å². The van der Waals surface area contributed by atoms with Gasteiger partial charge in [0.15, 0.2) is 5.96 Å². The fraction of sp³-hybridized carbons (Fsp3) is 0.611. The van der Waals surface area contributed by atoms with Gasteiger partial charge in [-0.3, -0.25) is 4.99 Å². The van der Waals surface area contributed by atoms with Crippen LogP contribution in [0.5, 0.6) is 0 Å². The fourth-order valence-corrected chi connectivity index (χ4v) is 4.08. The van der Waals surface area contributed by atoms with Gasteiger partial charge in [0.05, 0.1) is 12.8 Å². The first-order chi connectivity index (χ1) is 12.3. The Morgan fingerprint density at radius 2 is 1.82 bits per heavy atom. The lowest BCUT2D eigenvalue weighted by Crippen LogP contribution is -2.48. The van der Waals surface area contributed by atoms with Crippen molar-refractivity contribution in [2.24, 2.45) is 4.99 Å². The quantitative estimate of drug-likeness (QED) is 0.265. The molecule has 28 heavy (non-hydrogen) atoms. The van der Waals surface area contributed by atoms with Crippen molar-refractivity contribution in [3.8, 4) is 0 Å². The van der Waals surface area contributed by atoms with E-state index in [1.54, 1.807) is 19.9 Å². The highest BCUT2D eigenvalue weighted by Gasteiger charge is 2.25. The number of hydrogen-bond acceptors (Lipinski definition) is 3. The van der Waals surface area contributed by atoms with Gasteiger partial charge in [0.25, 0.3) is 0 Å². The molecule has 0 fully saturated rings. The molecule has 0 aliphatic carbocycles. The minimum absolute atomic E-state index is 0. The molecule has 0 amide bonds. The average Bonchev–Trinajstić information content (AvgIpc) is 2.47. The van der Waals surface area contributed by atoms with Crippen LogP contribution in [-0.4, -0.2) is 45.8 Å². The Morgan fingerprint density at radius 3 is 2.32 bits per heavy atom. The summed E-state index contributed by atoms with van der Waals surface area (Å²) in [5.41, 5.74) is -0.263. The molecule has 1 rings (SSSR count). The molecule has 0 spiro atoms. The summed E-state index contributed by atoms with van der Waals surface area (Å²) in [5, 5.41) is 6.76. The van der Waals surface area contributed by atoms with Gasteiger partial charge in [-0.2, -0.15) is 0 Å². The van der Waals surface area contributed by atoms with Crippen molar-refractivity contribution in [1.82, 2.24) is 15.4 Å². The monoisotopic (exact) mass is 548 g/mol. The van der Waals surface area contributed by atoms with E-state index in [1.807, 2.05) is 20.8 Å². The number of rotatable bonds is 8. The predicted octanol–water partition coefficient (Wildman–Crippen LogP) is 3.26. The molecule has 0 saturated heterocycles. The van der Waals surface area contributed by atoms with Gasteiger partial charge in [-0.05, 0) is 38.5 Å². The van der Waals surface area contributed by atoms with Crippen molar-refractivity contribution in [1.29, 1.82) is 0 Å². The smallest absolute Gasteiger partial charge is 0.209 e. The van der Waals surface area contributed by atoms with Gasteiger partial charge in [0, 0.05) is 29.1 Å². The molecule has 0 aromatic heterocycles. The van der Waals surface area contributed by atoms with E-state index in [1.165, 1.54) is 12.1 Å². The summed E-state index contributed by atoms with van der Waals surface area (Å²) < 4.78 is 38.8.